The Kier molecular flexibility index (Phi) is 2.17. The van der Waals surface area contributed by atoms with Crippen LogP contribution in [0.15, 0.2) is 42.9 Å². The SMILES string of the molecule is Nc1ccc2c(-c3[nH]nc4nccnc34)nccc2c1. The van der Waals surface area contributed by atoms with Crippen molar-refractivity contribution in [3.63, 3.8) is 0 Å². The predicted octanol–water partition coefficient (Wildman–Crippen LogP) is 2.15. The fourth-order valence-electron chi connectivity index (χ4n) is 2.31. The molecule has 0 atom stereocenters. The summed E-state index contributed by atoms with van der Waals surface area (Å²) in [6.45, 7) is 0. The first-order valence-electron chi connectivity index (χ1n) is 6.12. The Morgan fingerprint density at radius 1 is 0.950 bits per heavy atom. The number of nitrogens with two attached hydrogens (primary N) is 1. The second kappa shape index (κ2) is 3.99. The highest BCUT2D eigenvalue weighted by Gasteiger charge is 2.13. The number of nitrogens with one attached hydrogen (secondary N) is 1. The lowest BCUT2D eigenvalue weighted by Gasteiger charge is -2.04. The lowest BCUT2D eigenvalue weighted by atomic mass is 10.1. The van der Waals surface area contributed by atoms with Gasteiger partial charge in [-0.25, -0.2) is 9.97 Å². The number of rotatable bonds is 1. The van der Waals surface area contributed by atoms with E-state index in [1.807, 2.05) is 24.3 Å². The van der Waals surface area contributed by atoms with Crippen molar-refractivity contribution in [1.82, 2.24) is 25.1 Å². The maximum Gasteiger partial charge on any atom is 0.200 e. The van der Waals surface area contributed by atoms with Crippen LogP contribution in [0.1, 0.15) is 0 Å². The molecular weight excluding hydrogens is 252 g/mol. The Labute approximate surface area is 113 Å². The van der Waals surface area contributed by atoms with Crippen molar-refractivity contribution >= 4 is 27.6 Å². The smallest absolute Gasteiger partial charge is 0.200 e. The Bertz CT molecular complexity index is 927. The van der Waals surface area contributed by atoms with E-state index in [4.69, 9.17) is 5.73 Å². The van der Waals surface area contributed by atoms with Gasteiger partial charge in [-0.05, 0) is 23.6 Å². The minimum absolute atomic E-state index is 0.580. The molecule has 0 fully saturated rings. The third-order valence-electron chi connectivity index (χ3n) is 3.21. The number of anilines is 1. The molecule has 96 valence electrons. The van der Waals surface area contributed by atoms with Gasteiger partial charge in [-0.15, -0.1) is 0 Å². The van der Waals surface area contributed by atoms with Crippen molar-refractivity contribution in [2.75, 3.05) is 5.73 Å². The molecule has 20 heavy (non-hydrogen) atoms. The van der Waals surface area contributed by atoms with Gasteiger partial charge in [0, 0.05) is 29.7 Å². The van der Waals surface area contributed by atoms with E-state index in [9.17, 15) is 0 Å². The van der Waals surface area contributed by atoms with Crippen molar-refractivity contribution in [2.45, 2.75) is 0 Å². The Balaban J connectivity index is 2.07. The van der Waals surface area contributed by atoms with Crippen molar-refractivity contribution in [1.29, 1.82) is 0 Å². The first-order chi connectivity index (χ1) is 9.83. The van der Waals surface area contributed by atoms with Crippen molar-refractivity contribution in [3.8, 4) is 11.4 Å². The molecule has 0 bridgehead atoms. The number of nitrogen functional groups attached to an aromatic ring is 1. The third kappa shape index (κ3) is 1.51. The third-order valence-corrected chi connectivity index (χ3v) is 3.21. The van der Waals surface area contributed by atoms with Crippen LogP contribution in [0.3, 0.4) is 0 Å². The summed E-state index contributed by atoms with van der Waals surface area (Å²) in [5, 5.41) is 9.15. The maximum atomic E-state index is 5.82. The Morgan fingerprint density at radius 2 is 1.85 bits per heavy atom. The lowest BCUT2D eigenvalue weighted by molar-refractivity contribution is 1.09. The molecule has 6 nitrogen and oxygen atoms in total. The van der Waals surface area contributed by atoms with E-state index in [0.717, 1.165) is 27.8 Å². The minimum Gasteiger partial charge on any atom is -0.399 e. The summed E-state index contributed by atoms with van der Waals surface area (Å²) < 4.78 is 0. The number of pyridine rings is 1. The summed E-state index contributed by atoms with van der Waals surface area (Å²) in [6, 6.07) is 7.66. The fourth-order valence-corrected chi connectivity index (χ4v) is 2.31. The van der Waals surface area contributed by atoms with Crippen LogP contribution in [0.4, 0.5) is 5.69 Å². The number of hydrogen-bond donors (Lipinski definition) is 2. The molecule has 0 aliphatic rings. The van der Waals surface area contributed by atoms with E-state index >= 15 is 0 Å². The molecule has 0 amide bonds. The van der Waals surface area contributed by atoms with E-state index in [2.05, 4.69) is 25.1 Å². The number of H-pyrrole nitrogens is 1. The monoisotopic (exact) mass is 262 g/mol. The number of fused-ring (bicyclic) bond motifs is 2. The number of aromatic nitrogens is 5. The molecule has 4 rings (SSSR count). The summed E-state index contributed by atoms with van der Waals surface area (Å²) >= 11 is 0. The topological polar surface area (TPSA) is 93.4 Å². The number of nitrogens with zero attached hydrogens (tertiary/aromatic N) is 4. The number of hydrogen-bond acceptors (Lipinski definition) is 5. The molecule has 1 aromatic carbocycles. The van der Waals surface area contributed by atoms with Gasteiger partial charge < -0.3 is 5.73 Å². The minimum atomic E-state index is 0.580. The second-order valence-corrected chi connectivity index (χ2v) is 4.47. The zero-order valence-corrected chi connectivity index (χ0v) is 10.4. The highest BCUT2D eigenvalue weighted by Crippen LogP contribution is 2.29. The van der Waals surface area contributed by atoms with Crippen LogP contribution in [-0.4, -0.2) is 25.1 Å². The zero-order chi connectivity index (χ0) is 13.5. The average Bonchev–Trinajstić information content (AvgIpc) is 2.90. The second-order valence-electron chi connectivity index (χ2n) is 4.47. The molecule has 0 radical (unpaired) electrons. The zero-order valence-electron chi connectivity index (χ0n) is 10.4. The molecule has 3 N–H and O–H groups in total. The lowest BCUT2D eigenvalue weighted by Crippen LogP contribution is -1.90. The highest BCUT2D eigenvalue weighted by molar-refractivity contribution is 6.00. The van der Waals surface area contributed by atoms with E-state index in [-0.39, 0.29) is 0 Å². The van der Waals surface area contributed by atoms with Crippen LogP contribution in [0.25, 0.3) is 33.3 Å². The summed E-state index contributed by atoms with van der Waals surface area (Å²) in [5.74, 6) is 0. The maximum absolute atomic E-state index is 5.82. The van der Waals surface area contributed by atoms with Gasteiger partial charge in [0.15, 0.2) is 5.65 Å². The van der Waals surface area contributed by atoms with E-state index in [1.165, 1.54) is 0 Å². The standard InChI is InChI=1S/C14H10N6/c15-9-1-2-10-8(7-9)3-4-16-11(10)12-13-14(20-19-12)18-6-5-17-13/h1-7H,15H2,(H,18,19,20). The molecule has 3 heterocycles. The normalized spacial score (nSPS) is 11.2. The average molecular weight is 262 g/mol. The van der Waals surface area contributed by atoms with Crippen LogP contribution in [-0.2, 0) is 0 Å². The summed E-state index contributed by atoms with van der Waals surface area (Å²) in [6.07, 6.45) is 5.01. The first kappa shape index (κ1) is 10.9. The van der Waals surface area contributed by atoms with E-state index in [1.54, 1.807) is 18.6 Å². The first-order valence-corrected chi connectivity index (χ1v) is 6.12. The van der Waals surface area contributed by atoms with Crippen LogP contribution < -0.4 is 5.73 Å². The molecule has 0 unspecified atom stereocenters. The van der Waals surface area contributed by atoms with Crippen LogP contribution in [0, 0.1) is 0 Å². The van der Waals surface area contributed by atoms with Crippen LogP contribution >= 0.6 is 0 Å². The molecule has 4 aromatic rings. The predicted molar refractivity (Wildman–Crippen MR) is 76.8 cm³/mol. The number of benzene rings is 1. The van der Waals surface area contributed by atoms with Gasteiger partial charge >= 0.3 is 0 Å². The Morgan fingerprint density at radius 3 is 2.80 bits per heavy atom. The molecule has 0 aliphatic heterocycles. The van der Waals surface area contributed by atoms with Gasteiger partial charge in [-0.1, -0.05) is 6.07 Å². The van der Waals surface area contributed by atoms with Gasteiger partial charge in [0.2, 0.25) is 0 Å². The van der Waals surface area contributed by atoms with E-state index < -0.39 is 0 Å². The van der Waals surface area contributed by atoms with E-state index in [0.29, 0.717) is 11.2 Å². The summed E-state index contributed by atoms with van der Waals surface area (Å²) in [4.78, 5) is 12.9. The van der Waals surface area contributed by atoms with Gasteiger partial charge in [-0.3, -0.25) is 10.1 Å². The van der Waals surface area contributed by atoms with Gasteiger partial charge in [0.1, 0.15) is 11.2 Å². The van der Waals surface area contributed by atoms with Crippen LogP contribution in [0.2, 0.25) is 0 Å². The van der Waals surface area contributed by atoms with Gasteiger partial charge in [0.25, 0.3) is 0 Å². The van der Waals surface area contributed by atoms with Crippen LogP contribution in [0.5, 0.6) is 0 Å². The largest absolute Gasteiger partial charge is 0.399 e. The molecular formula is C14H10N6. The summed E-state index contributed by atoms with van der Waals surface area (Å²) in [5.41, 5.74) is 9.40. The quantitative estimate of drug-likeness (QED) is 0.513. The Hall–Kier alpha value is -3.02. The molecule has 0 saturated carbocycles. The number of aromatic amines is 1. The van der Waals surface area contributed by atoms with Crippen molar-refractivity contribution in [2.24, 2.45) is 0 Å². The fraction of sp³-hybridized carbons (Fsp3) is 0. The van der Waals surface area contributed by atoms with Gasteiger partial charge in [-0.2, -0.15) is 5.10 Å². The summed E-state index contributed by atoms with van der Waals surface area (Å²) in [7, 11) is 0. The van der Waals surface area contributed by atoms with Crippen molar-refractivity contribution in [3.05, 3.63) is 42.9 Å². The van der Waals surface area contributed by atoms with Gasteiger partial charge in [0.05, 0.1) is 5.69 Å². The molecule has 0 aliphatic carbocycles. The van der Waals surface area contributed by atoms with Crippen molar-refractivity contribution < 1.29 is 0 Å². The molecule has 6 heteroatoms. The molecule has 3 aromatic heterocycles. The molecule has 0 saturated heterocycles. The molecule has 0 spiro atoms. The highest BCUT2D eigenvalue weighted by atomic mass is 15.2.